The maximum absolute atomic E-state index is 13.1. The van der Waals surface area contributed by atoms with Gasteiger partial charge in [0.05, 0.1) is 11.6 Å². The zero-order valence-electron chi connectivity index (χ0n) is 19.9. The zero-order chi connectivity index (χ0) is 23.9. The largest absolute Gasteiger partial charge is 0.457 e. The highest BCUT2D eigenvalue weighted by Gasteiger charge is 2.30. The van der Waals surface area contributed by atoms with Gasteiger partial charge in [-0.05, 0) is 55.7 Å². The van der Waals surface area contributed by atoms with Gasteiger partial charge in [0.25, 0.3) is 5.91 Å². The van der Waals surface area contributed by atoms with Crippen LogP contribution in [0.4, 0.5) is 0 Å². The van der Waals surface area contributed by atoms with Crippen LogP contribution in [0, 0.1) is 0 Å². The van der Waals surface area contributed by atoms with Crippen molar-refractivity contribution >= 4 is 5.91 Å². The SMILES string of the molecule is CNN1/C(=C(\C)C(=O)NCc2cccc(Oc3ccccc3)c2)NC(c2ccccc2)CC1C. The van der Waals surface area contributed by atoms with Crippen LogP contribution >= 0.6 is 0 Å². The molecule has 1 fully saturated rings. The van der Waals surface area contributed by atoms with E-state index in [1.165, 1.54) is 5.56 Å². The summed E-state index contributed by atoms with van der Waals surface area (Å²) >= 11 is 0. The van der Waals surface area contributed by atoms with Crippen LogP contribution in [0.1, 0.15) is 37.4 Å². The van der Waals surface area contributed by atoms with Gasteiger partial charge >= 0.3 is 0 Å². The van der Waals surface area contributed by atoms with Crippen LogP contribution in [0.15, 0.2) is 96.3 Å². The summed E-state index contributed by atoms with van der Waals surface area (Å²) in [6, 6.07) is 28.1. The van der Waals surface area contributed by atoms with E-state index in [1.807, 2.05) is 91.8 Å². The van der Waals surface area contributed by atoms with Gasteiger partial charge in [-0.1, -0.05) is 60.7 Å². The van der Waals surface area contributed by atoms with Gasteiger partial charge in [-0.2, -0.15) is 0 Å². The fourth-order valence-corrected chi connectivity index (χ4v) is 4.25. The van der Waals surface area contributed by atoms with Gasteiger partial charge in [0.2, 0.25) is 0 Å². The number of rotatable bonds is 7. The molecule has 3 aromatic carbocycles. The third-order valence-corrected chi connectivity index (χ3v) is 6.04. The Labute approximate surface area is 201 Å². The molecule has 176 valence electrons. The fraction of sp³-hybridized carbons (Fsp3) is 0.250. The number of carbonyl (C=O) groups is 1. The molecular weight excluding hydrogens is 424 g/mol. The first-order valence-corrected chi connectivity index (χ1v) is 11.6. The van der Waals surface area contributed by atoms with Crippen molar-refractivity contribution < 1.29 is 9.53 Å². The van der Waals surface area contributed by atoms with Crippen LogP contribution in [0.2, 0.25) is 0 Å². The summed E-state index contributed by atoms with van der Waals surface area (Å²) in [6.07, 6.45) is 0.928. The average molecular weight is 457 g/mol. The van der Waals surface area contributed by atoms with E-state index in [2.05, 4.69) is 35.1 Å². The second-order valence-corrected chi connectivity index (χ2v) is 8.50. The minimum Gasteiger partial charge on any atom is -0.457 e. The van der Waals surface area contributed by atoms with Crippen LogP contribution < -0.4 is 20.8 Å². The molecule has 2 unspecified atom stereocenters. The molecule has 2 atom stereocenters. The van der Waals surface area contributed by atoms with Crippen molar-refractivity contribution in [2.45, 2.75) is 38.9 Å². The second kappa shape index (κ2) is 10.9. The van der Waals surface area contributed by atoms with E-state index < -0.39 is 0 Å². The lowest BCUT2D eigenvalue weighted by Gasteiger charge is -2.42. The number of hydrogen-bond acceptors (Lipinski definition) is 5. The van der Waals surface area contributed by atoms with E-state index in [9.17, 15) is 4.79 Å². The Morgan fingerprint density at radius 1 is 1.00 bits per heavy atom. The Balaban J connectivity index is 1.46. The third-order valence-electron chi connectivity index (χ3n) is 6.04. The van der Waals surface area contributed by atoms with Crippen LogP contribution in [0.25, 0.3) is 0 Å². The van der Waals surface area contributed by atoms with Crippen LogP contribution in [-0.4, -0.2) is 24.0 Å². The van der Waals surface area contributed by atoms with Gasteiger partial charge in [-0.3, -0.25) is 9.80 Å². The number of nitrogens with zero attached hydrogens (tertiary/aromatic N) is 1. The molecule has 0 radical (unpaired) electrons. The van der Waals surface area contributed by atoms with Crippen LogP contribution in [0.5, 0.6) is 11.5 Å². The summed E-state index contributed by atoms with van der Waals surface area (Å²) in [6.45, 7) is 4.43. The molecule has 0 aromatic heterocycles. The Bertz CT molecular complexity index is 1130. The lowest BCUT2D eigenvalue weighted by molar-refractivity contribution is -0.117. The number of hydrogen-bond donors (Lipinski definition) is 3. The molecule has 3 N–H and O–H groups in total. The number of amides is 1. The third kappa shape index (κ3) is 5.58. The lowest BCUT2D eigenvalue weighted by Crippen LogP contribution is -2.53. The van der Waals surface area contributed by atoms with Gasteiger partial charge in [-0.15, -0.1) is 0 Å². The fourth-order valence-electron chi connectivity index (χ4n) is 4.25. The minimum absolute atomic E-state index is 0.113. The molecule has 0 bridgehead atoms. The molecule has 3 aromatic rings. The minimum atomic E-state index is -0.113. The van der Waals surface area contributed by atoms with Crippen molar-refractivity contribution in [3.63, 3.8) is 0 Å². The Kier molecular flexibility index (Phi) is 7.50. The van der Waals surface area contributed by atoms with E-state index in [0.29, 0.717) is 12.1 Å². The monoisotopic (exact) mass is 456 g/mol. The Morgan fingerprint density at radius 2 is 1.68 bits per heavy atom. The van der Waals surface area contributed by atoms with Gasteiger partial charge in [0.1, 0.15) is 17.3 Å². The quantitative estimate of drug-likeness (QED) is 0.442. The van der Waals surface area contributed by atoms with E-state index in [1.54, 1.807) is 0 Å². The molecule has 1 aliphatic rings. The standard InChI is InChI=1S/C28H32N4O2/c1-20-17-26(23-12-6-4-7-13-23)31-27(32(20)29-3)21(2)28(33)30-19-22-11-10-16-25(18-22)34-24-14-8-5-9-15-24/h4-16,18,20,26,29,31H,17,19H2,1-3H3,(H,30,33)/b27-21+. The molecule has 1 saturated heterocycles. The molecule has 34 heavy (non-hydrogen) atoms. The van der Waals surface area contributed by atoms with E-state index in [0.717, 1.165) is 29.3 Å². The van der Waals surface area contributed by atoms with E-state index in [-0.39, 0.29) is 18.0 Å². The highest BCUT2D eigenvalue weighted by Crippen LogP contribution is 2.29. The van der Waals surface area contributed by atoms with E-state index >= 15 is 0 Å². The van der Waals surface area contributed by atoms with Gasteiger partial charge in [-0.25, -0.2) is 5.43 Å². The summed E-state index contributed by atoms with van der Waals surface area (Å²) in [7, 11) is 1.88. The molecule has 6 nitrogen and oxygen atoms in total. The number of ether oxygens (including phenoxy) is 1. The van der Waals surface area contributed by atoms with Crippen molar-refractivity contribution in [3.8, 4) is 11.5 Å². The molecule has 0 saturated carbocycles. The first-order valence-electron chi connectivity index (χ1n) is 11.6. The molecule has 1 amide bonds. The summed E-state index contributed by atoms with van der Waals surface area (Å²) in [5.74, 6) is 2.21. The zero-order valence-corrected chi connectivity index (χ0v) is 19.9. The number of hydrazine groups is 1. The van der Waals surface area contributed by atoms with Gasteiger partial charge < -0.3 is 15.4 Å². The van der Waals surface area contributed by atoms with Crippen molar-refractivity contribution in [1.82, 2.24) is 21.1 Å². The first kappa shape index (κ1) is 23.4. The number of para-hydroxylation sites is 1. The van der Waals surface area contributed by atoms with Crippen molar-refractivity contribution in [2.24, 2.45) is 0 Å². The molecule has 6 heteroatoms. The first-order chi connectivity index (χ1) is 16.5. The molecule has 0 aliphatic carbocycles. The van der Waals surface area contributed by atoms with E-state index in [4.69, 9.17) is 4.74 Å². The molecule has 1 aliphatic heterocycles. The molecule has 4 rings (SSSR count). The van der Waals surface area contributed by atoms with Crippen molar-refractivity contribution in [1.29, 1.82) is 0 Å². The van der Waals surface area contributed by atoms with Crippen LogP contribution in [0.3, 0.4) is 0 Å². The highest BCUT2D eigenvalue weighted by molar-refractivity contribution is 5.93. The second-order valence-electron chi connectivity index (χ2n) is 8.50. The van der Waals surface area contributed by atoms with Gasteiger partial charge in [0.15, 0.2) is 0 Å². The maximum Gasteiger partial charge on any atom is 0.250 e. The normalized spacial score (nSPS) is 19.2. The number of carbonyl (C=O) groups excluding carboxylic acids is 1. The summed E-state index contributed by atoms with van der Waals surface area (Å²) in [5, 5.41) is 8.66. The number of benzene rings is 3. The highest BCUT2D eigenvalue weighted by atomic mass is 16.5. The lowest BCUT2D eigenvalue weighted by atomic mass is 9.96. The topological polar surface area (TPSA) is 65.6 Å². The maximum atomic E-state index is 13.1. The Morgan fingerprint density at radius 3 is 2.38 bits per heavy atom. The summed E-state index contributed by atoms with van der Waals surface area (Å²) < 4.78 is 5.92. The Hall–Kier alpha value is -3.77. The molecular formula is C28H32N4O2. The predicted molar refractivity (Wildman–Crippen MR) is 135 cm³/mol. The smallest absolute Gasteiger partial charge is 0.250 e. The van der Waals surface area contributed by atoms with Gasteiger partial charge in [0, 0.05) is 19.6 Å². The van der Waals surface area contributed by atoms with Crippen molar-refractivity contribution in [3.05, 3.63) is 107 Å². The van der Waals surface area contributed by atoms with Crippen molar-refractivity contribution in [2.75, 3.05) is 7.05 Å². The predicted octanol–water partition coefficient (Wildman–Crippen LogP) is 4.89. The number of nitrogens with one attached hydrogen (secondary N) is 3. The molecule has 0 spiro atoms. The molecule has 1 heterocycles. The van der Waals surface area contributed by atoms with Crippen LogP contribution in [-0.2, 0) is 11.3 Å². The summed E-state index contributed by atoms with van der Waals surface area (Å²) in [4.78, 5) is 13.1. The average Bonchev–Trinajstić information content (AvgIpc) is 2.87. The summed E-state index contributed by atoms with van der Waals surface area (Å²) in [5.41, 5.74) is 6.05.